The third-order valence-electron chi connectivity index (χ3n) is 2.49. The van der Waals surface area contributed by atoms with Gasteiger partial charge in [-0.3, -0.25) is 0 Å². The maximum absolute atomic E-state index is 5.22. The van der Waals surface area contributed by atoms with E-state index in [9.17, 15) is 0 Å². The molecule has 1 aromatic carbocycles. The van der Waals surface area contributed by atoms with Gasteiger partial charge in [0.15, 0.2) is 0 Å². The lowest BCUT2D eigenvalue weighted by atomic mass is 10.0. The molecule has 0 fully saturated rings. The third-order valence-corrected chi connectivity index (χ3v) is 2.71. The van der Waals surface area contributed by atoms with E-state index < -0.39 is 0 Å². The maximum atomic E-state index is 5.22. The molecule has 0 bridgehead atoms. The summed E-state index contributed by atoms with van der Waals surface area (Å²) in [6.07, 6.45) is 2.40. The predicted molar refractivity (Wildman–Crippen MR) is 60.4 cm³/mol. The van der Waals surface area contributed by atoms with E-state index in [-0.39, 0.29) is 0 Å². The Labute approximate surface area is 84.4 Å². The van der Waals surface area contributed by atoms with Gasteiger partial charge in [0.05, 0.1) is 4.99 Å². The molecule has 0 unspecified atom stereocenters. The van der Waals surface area contributed by atoms with Crippen LogP contribution < -0.4 is 4.90 Å². The van der Waals surface area contributed by atoms with Crippen LogP contribution in [0.3, 0.4) is 0 Å². The van der Waals surface area contributed by atoms with Crippen LogP contribution in [0.15, 0.2) is 24.3 Å². The van der Waals surface area contributed by atoms with Gasteiger partial charge in [0, 0.05) is 12.2 Å². The highest BCUT2D eigenvalue weighted by molar-refractivity contribution is 7.80. The standard InChI is InChI=1S/C11H13NS/c1-9(13)12-8-4-6-10-5-2-3-7-11(10)12/h2-3,5,7H,4,6,8H2,1H3. The number of hydrogen-bond donors (Lipinski definition) is 0. The maximum Gasteiger partial charge on any atom is 0.0792 e. The Balaban J connectivity index is 2.42. The van der Waals surface area contributed by atoms with Gasteiger partial charge in [-0.1, -0.05) is 30.4 Å². The van der Waals surface area contributed by atoms with Crippen LogP contribution in [0.2, 0.25) is 0 Å². The molecule has 1 nitrogen and oxygen atoms in total. The van der Waals surface area contributed by atoms with Gasteiger partial charge in [0.2, 0.25) is 0 Å². The number of thiocarbonyl (C=S) groups is 1. The fourth-order valence-electron chi connectivity index (χ4n) is 1.86. The summed E-state index contributed by atoms with van der Waals surface area (Å²) in [7, 11) is 0. The monoisotopic (exact) mass is 191 g/mol. The molecular weight excluding hydrogens is 178 g/mol. The molecule has 0 aromatic heterocycles. The minimum absolute atomic E-state index is 0.979. The average molecular weight is 191 g/mol. The number of aryl methyl sites for hydroxylation is 1. The molecule has 0 saturated carbocycles. The van der Waals surface area contributed by atoms with E-state index in [1.54, 1.807) is 0 Å². The Morgan fingerprint density at radius 1 is 1.38 bits per heavy atom. The Morgan fingerprint density at radius 2 is 2.15 bits per heavy atom. The molecular formula is C11H13NS. The van der Waals surface area contributed by atoms with Crippen molar-refractivity contribution in [3.05, 3.63) is 29.8 Å². The van der Waals surface area contributed by atoms with Crippen LogP contribution in [-0.2, 0) is 6.42 Å². The van der Waals surface area contributed by atoms with E-state index in [2.05, 4.69) is 29.2 Å². The predicted octanol–water partition coefficient (Wildman–Crippen LogP) is 2.79. The highest BCUT2D eigenvalue weighted by Gasteiger charge is 2.16. The summed E-state index contributed by atoms with van der Waals surface area (Å²) >= 11 is 5.22. The normalized spacial score (nSPS) is 15.3. The van der Waals surface area contributed by atoms with Gasteiger partial charge in [-0.2, -0.15) is 0 Å². The largest absolute Gasteiger partial charge is 0.336 e. The molecule has 1 aromatic rings. The lowest BCUT2D eigenvalue weighted by Gasteiger charge is -2.30. The third kappa shape index (κ3) is 1.59. The molecule has 0 atom stereocenters. The number of anilines is 1. The summed E-state index contributed by atoms with van der Waals surface area (Å²) in [5.74, 6) is 0. The van der Waals surface area contributed by atoms with E-state index in [1.165, 1.54) is 24.1 Å². The minimum atomic E-state index is 0.979. The number of nitrogens with zero attached hydrogens (tertiary/aromatic N) is 1. The number of fused-ring (bicyclic) bond motifs is 1. The smallest absolute Gasteiger partial charge is 0.0792 e. The number of hydrogen-bond acceptors (Lipinski definition) is 1. The van der Waals surface area contributed by atoms with Crippen molar-refractivity contribution in [3.8, 4) is 0 Å². The second-order valence-electron chi connectivity index (χ2n) is 3.40. The fourth-order valence-corrected chi connectivity index (χ4v) is 2.05. The van der Waals surface area contributed by atoms with Crippen LogP contribution in [-0.4, -0.2) is 11.5 Å². The van der Waals surface area contributed by atoms with Gasteiger partial charge in [0.1, 0.15) is 0 Å². The summed E-state index contributed by atoms with van der Waals surface area (Å²) in [5, 5.41) is 0. The quantitative estimate of drug-likeness (QED) is 0.580. The summed E-state index contributed by atoms with van der Waals surface area (Å²) in [4.78, 5) is 3.21. The lowest BCUT2D eigenvalue weighted by Crippen LogP contribution is -2.32. The Kier molecular flexibility index (Phi) is 2.32. The summed E-state index contributed by atoms with van der Waals surface area (Å²) in [5.41, 5.74) is 2.74. The summed E-state index contributed by atoms with van der Waals surface area (Å²) in [6, 6.07) is 8.53. The van der Waals surface area contributed by atoms with Gasteiger partial charge in [0.25, 0.3) is 0 Å². The first-order chi connectivity index (χ1) is 6.29. The molecule has 1 aliphatic heterocycles. The van der Waals surface area contributed by atoms with Crippen LogP contribution in [0.25, 0.3) is 0 Å². The van der Waals surface area contributed by atoms with E-state index >= 15 is 0 Å². The molecule has 68 valence electrons. The molecule has 2 rings (SSSR count). The molecule has 13 heavy (non-hydrogen) atoms. The average Bonchev–Trinajstić information content (AvgIpc) is 2.17. The van der Waals surface area contributed by atoms with Gasteiger partial charge < -0.3 is 4.90 Å². The molecule has 1 heterocycles. The molecule has 0 aliphatic carbocycles. The molecule has 0 N–H and O–H groups in total. The van der Waals surface area contributed by atoms with Crippen molar-refractivity contribution in [1.29, 1.82) is 0 Å². The van der Waals surface area contributed by atoms with Crippen molar-refractivity contribution in [1.82, 2.24) is 0 Å². The van der Waals surface area contributed by atoms with Crippen molar-refractivity contribution in [2.45, 2.75) is 19.8 Å². The minimum Gasteiger partial charge on any atom is -0.336 e. The Hall–Kier alpha value is -0.890. The van der Waals surface area contributed by atoms with Gasteiger partial charge in [-0.25, -0.2) is 0 Å². The van der Waals surface area contributed by atoms with Gasteiger partial charge >= 0.3 is 0 Å². The van der Waals surface area contributed by atoms with Crippen LogP contribution in [0.5, 0.6) is 0 Å². The first-order valence-corrected chi connectivity index (χ1v) is 5.06. The second kappa shape index (κ2) is 3.46. The van der Waals surface area contributed by atoms with E-state index in [0.717, 1.165) is 11.5 Å². The van der Waals surface area contributed by atoms with Crippen molar-refractivity contribution in [3.63, 3.8) is 0 Å². The fraction of sp³-hybridized carbons (Fsp3) is 0.364. The van der Waals surface area contributed by atoms with Crippen molar-refractivity contribution in [2.24, 2.45) is 0 Å². The Bertz CT molecular complexity index is 333. The summed E-state index contributed by atoms with van der Waals surface area (Å²) < 4.78 is 0. The first kappa shape index (κ1) is 8.70. The number of rotatable bonds is 0. The summed E-state index contributed by atoms with van der Waals surface area (Å²) in [6.45, 7) is 3.07. The first-order valence-electron chi connectivity index (χ1n) is 4.65. The number of benzene rings is 1. The van der Waals surface area contributed by atoms with Crippen LogP contribution in [0, 0.1) is 0 Å². The van der Waals surface area contributed by atoms with E-state index in [1.807, 2.05) is 6.92 Å². The van der Waals surface area contributed by atoms with Crippen molar-refractivity contribution < 1.29 is 0 Å². The highest BCUT2D eigenvalue weighted by Crippen LogP contribution is 2.26. The van der Waals surface area contributed by atoms with E-state index in [4.69, 9.17) is 12.2 Å². The van der Waals surface area contributed by atoms with E-state index in [0.29, 0.717) is 0 Å². The molecule has 2 heteroatoms. The number of para-hydroxylation sites is 1. The zero-order valence-corrected chi connectivity index (χ0v) is 8.60. The molecule has 0 saturated heterocycles. The molecule has 0 spiro atoms. The van der Waals surface area contributed by atoms with Crippen molar-refractivity contribution >= 4 is 22.9 Å². The van der Waals surface area contributed by atoms with Gasteiger partial charge in [-0.15, -0.1) is 0 Å². The molecule has 0 radical (unpaired) electrons. The topological polar surface area (TPSA) is 3.24 Å². The van der Waals surface area contributed by atoms with Crippen LogP contribution >= 0.6 is 12.2 Å². The Morgan fingerprint density at radius 3 is 2.92 bits per heavy atom. The molecule has 1 aliphatic rings. The molecule has 0 amide bonds. The van der Waals surface area contributed by atoms with Gasteiger partial charge in [-0.05, 0) is 31.4 Å². The van der Waals surface area contributed by atoms with Crippen LogP contribution in [0.4, 0.5) is 5.69 Å². The zero-order chi connectivity index (χ0) is 9.26. The lowest BCUT2D eigenvalue weighted by molar-refractivity contribution is 0.780. The van der Waals surface area contributed by atoms with Crippen LogP contribution in [0.1, 0.15) is 18.9 Å². The zero-order valence-electron chi connectivity index (χ0n) is 7.79. The highest BCUT2D eigenvalue weighted by atomic mass is 32.1. The van der Waals surface area contributed by atoms with Crippen molar-refractivity contribution in [2.75, 3.05) is 11.4 Å². The second-order valence-corrected chi connectivity index (χ2v) is 3.99. The SMILES string of the molecule is CC(=S)N1CCCc2ccccc21.